The molecular weight excluding hydrogens is 446 g/mol. The summed E-state index contributed by atoms with van der Waals surface area (Å²) in [7, 11) is 0. The Morgan fingerprint density at radius 2 is 1.16 bits per heavy atom. The Balaban J connectivity index is 1.64. The zero-order valence-electron chi connectivity index (χ0n) is 16.0. The van der Waals surface area contributed by atoms with E-state index in [1.54, 1.807) is 0 Å². The molecule has 3 nitrogen and oxygen atoms in total. The number of fused-ring (bicyclic) bond motifs is 6. The molecule has 4 aliphatic carbocycles. The summed E-state index contributed by atoms with van der Waals surface area (Å²) < 4.78 is 12.9. The van der Waals surface area contributed by atoms with E-state index in [1.807, 2.05) is 0 Å². The zero-order chi connectivity index (χ0) is 18.4. The first-order valence-electron chi connectivity index (χ1n) is 9.57. The van der Waals surface area contributed by atoms with Gasteiger partial charge in [0.2, 0.25) is 0 Å². The summed E-state index contributed by atoms with van der Waals surface area (Å²) in [5.74, 6) is 1.05. The monoisotopic (exact) mass is 476 g/mol. The van der Waals surface area contributed by atoms with Crippen molar-refractivity contribution in [3.63, 3.8) is 0 Å². The number of hydrogen-bond donors (Lipinski definition) is 0. The fourth-order valence-corrected chi connectivity index (χ4v) is 23.1. The summed E-state index contributed by atoms with van der Waals surface area (Å²) in [6.45, 7) is 13.1. The Hall–Kier alpha value is 0.179. The van der Waals surface area contributed by atoms with Crippen molar-refractivity contribution in [2.24, 2.45) is 33.5 Å². The van der Waals surface area contributed by atoms with Crippen LogP contribution >= 0.6 is 0 Å². The van der Waals surface area contributed by atoms with Gasteiger partial charge < -0.3 is 0 Å². The first kappa shape index (κ1) is 17.3. The van der Waals surface area contributed by atoms with Crippen molar-refractivity contribution in [2.45, 2.75) is 73.6 Å². The van der Waals surface area contributed by atoms with Crippen LogP contribution in [0.3, 0.4) is 0 Å². The summed E-state index contributed by atoms with van der Waals surface area (Å²) in [5.41, 5.74) is -0.792. The van der Waals surface area contributed by atoms with Crippen molar-refractivity contribution in [2.75, 3.05) is 0 Å². The van der Waals surface area contributed by atoms with Crippen molar-refractivity contribution in [3.05, 3.63) is 0 Å². The van der Waals surface area contributed by atoms with Crippen molar-refractivity contribution < 1.29 is 13.4 Å². The van der Waals surface area contributed by atoms with E-state index < -0.39 is 20.3 Å². The fourth-order valence-electron chi connectivity index (χ4n) is 7.38. The topological polar surface area (TPSA) is 51.2 Å². The van der Waals surface area contributed by atoms with E-state index in [-0.39, 0.29) is 60.0 Å². The minimum absolute atomic E-state index is 0.0698. The van der Waals surface area contributed by atoms with Crippen LogP contribution in [0.15, 0.2) is 0 Å². The van der Waals surface area contributed by atoms with Gasteiger partial charge in [-0.15, -0.1) is 0 Å². The van der Waals surface area contributed by atoms with Crippen LogP contribution in [0.4, 0.5) is 0 Å². The summed E-state index contributed by atoms with van der Waals surface area (Å²) in [5, 5.41) is 0. The average Bonchev–Trinajstić information content (AvgIpc) is 3.00. The second kappa shape index (κ2) is 4.12. The van der Waals surface area contributed by atoms with Crippen LogP contribution in [-0.2, 0) is 13.4 Å². The summed E-state index contributed by atoms with van der Waals surface area (Å²) in [6.07, 6.45) is 3.92. The third-order valence-electron chi connectivity index (χ3n) is 9.86. The Morgan fingerprint density at radius 3 is 1.40 bits per heavy atom. The van der Waals surface area contributed by atoms with Gasteiger partial charge in [0, 0.05) is 0 Å². The van der Waals surface area contributed by atoms with E-state index in [0.717, 1.165) is 25.7 Å². The van der Waals surface area contributed by atoms with Crippen molar-refractivity contribution in [3.8, 4) is 0 Å². The minimum atomic E-state index is -2.55. The Bertz CT molecular complexity index is 724. The molecule has 0 N–H and O–H groups in total. The van der Waals surface area contributed by atoms with Crippen LogP contribution in [0.1, 0.15) is 67.2 Å². The number of carbonyl (C=O) groups excluding carboxylic acids is 2. The van der Waals surface area contributed by atoms with E-state index in [0.29, 0.717) is 0 Å². The van der Waals surface area contributed by atoms with Gasteiger partial charge in [-0.3, -0.25) is 0 Å². The molecule has 4 bridgehead atoms. The molecule has 4 saturated carbocycles. The molecule has 0 amide bonds. The average molecular weight is 474 g/mol. The molecule has 0 aromatic heterocycles. The molecule has 5 fully saturated rings. The summed E-state index contributed by atoms with van der Waals surface area (Å²) in [6, 6.07) is 0. The number of carbonyl (C=O) groups is 2. The zero-order valence-corrected chi connectivity index (χ0v) is 19.5. The van der Waals surface area contributed by atoms with Gasteiger partial charge in [0.25, 0.3) is 0 Å². The third kappa shape index (κ3) is 1.29. The van der Waals surface area contributed by atoms with Gasteiger partial charge in [0.1, 0.15) is 0 Å². The van der Waals surface area contributed by atoms with Gasteiger partial charge in [-0.25, -0.2) is 0 Å². The van der Waals surface area contributed by atoms with Gasteiger partial charge in [0.15, 0.2) is 0 Å². The first-order valence-corrected chi connectivity index (χ1v) is 13.7. The Kier molecular flexibility index (Phi) is 2.85. The summed E-state index contributed by atoms with van der Waals surface area (Å²) >= 11 is -2.68. The van der Waals surface area contributed by atoms with Crippen LogP contribution in [0.25, 0.3) is 0 Å². The van der Waals surface area contributed by atoms with Gasteiger partial charge in [0.05, 0.1) is 0 Å². The molecular formula is C20H28O3Se2. The second-order valence-corrected chi connectivity index (χ2v) is 20.2. The van der Waals surface area contributed by atoms with Crippen LogP contribution in [-0.4, -0.2) is 40.4 Å². The molecule has 2 spiro atoms. The standard InChI is InChI=1S/C20H28O3Se2/c1-15(2)11-7-9-17(15,5)13(21)19(11)24-20(25(19)23)12-8-10-18(6,14(20)22)16(12,3)4/h11-12H,7-10H2,1-6H3/t11-,12-,17-,18-,19-,20+,25?/m0/s1. The van der Waals surface area contributed by atoms with E-state index >= 15 is 0 Å². The number of Topliss-reactive ketones (excluding diaryl/α,β-unsaturated/α-hetero) is 2. The number of ketones is 2. The van der Waals surface area contributed by atoms with Crippen molar-refractivity contribution >= 4 is 40.4 Å². The maximum absolute atomic E-state index is 14.1. The van der Waals surface area contributed by atoms with Crippen molar-refractivity contribution in [1.29, 1.82) is 0 Å². The Morgan fingerprint density at radius 1 is 0.800 bits per heavy atom. The molecule has 0 aromatic carbocycles. The molecule has 7 atom stereocenters. The molecule has 5 rings (SSSR count). The predicted octanol–water partition coefficient (Wildman–Crippen LogP) is 3.57. The van der Waals surface area contributed by atoms with Crippen LogP contribution < -0.4 is 0 Å². The molecule has 5 heteroatoms. The molecule has 1 aliphatic heterocycles. The van der Waals surface area contributed by atoms with Gasteiger partial charge in [-0.2, -0.15) is 0 Å². The molecule has 138 valence electrons. The van der Waals surface area contributed by atoms with Gasteiger partial charge >= 0.3 is 161 Å². The SMILES string of the molecule is CC1(C)[C@@H]2CC[C@@]1(C)C(=O)[C@@]21[Se][C@]2(C(=O)[C@]3(C)CC[C@H]2C3(C)C)[Se]1=O. The Labute approximate surface area is 160 Å². The van der Waals surface area contributed by atoms with E-state index in [9.17, 15) is 13.4 Å². The fraction of sp³-hybridized carbons (Fsp3) is 0.900. The first-order chi connectivity index (χ1) is 11.3. The van der Waals surface area contributed by atoms with Crippen LogP contribution in [0.5, 0.6) is 0 Å². The molecule has 1 heterocycles. The maximum atomic E-state index is 14.1. The van der Waals surface area contributed by atoms with Gasteiger partial charge in [-0.05, 0) is 0 Å². The predicted molar refractivity (Wildman–Crippen MR) is 96.8 cm³/mol. The van der Waals surface area contributed by atoms with Crippen molar-refractivity contribution in [1.82, 2.24) is 0 Å². The molecule has 5 aliphatic rings. The third-order valence-corrected chi connectivity index (χ3v) is 22.5. The molecule has 0 radical (unpaired) electrons. The second-order valence-electron chi connectivity index (χ2n) is 10.7. The summed E-state index contributed by atoms with van der Waals surface area (Å²) in [4.78, 5) is 27.1. The molecule has 1 unspecified atom stereocenters. The molecule has 25 heavy (non-hydrogen) atoms. The number of hydrogen-bond acceptors (Lipinski definition) is 3. The van der Waals surface area contributed by atoms with E-state index in [2.05, 4.69) is 41.5 Å². The quantitative estimate of drug-likeness (QED) is 0.505. The van der Waals surface area contributed by atoms with E-state index in [1.165, 1.54) is 0 Å². The van der Waals surface area contributed by atoms with Crippen LogP contribution in [0, 0.1) is 33.5 Å². The normalized spacial score (nSPS) is 60.0. The number of rotatable bonds is 0. The van der Waals surface area contributed by atoms with Crippen LogP contribution in [0.2, 0.25) is 6.42 Å². The molecule has 1 saturated heterocycles. The molecule has 0 aromatic rings. The van der Waals surface area contributed by atoms with Gasteiger partial charge in [-0.1, -0.05) is 0 Å². The van der Waals surface area contributed by atoms with E-state index in [4.69, 9.17) is 0 Å².